The van der Waals surface area contributed by atoms with Crippen molar-refractivity contribution in [3.05, 3.63) is 0 Å². The van der Waals surface area contributed by atoms with Crippen LogP contribution in [-0.2, 0) is 4.79 Å². The highest BCUT2D eigenvalue weighted by Crippen LogP contribution is 2.36. The standard InChI is InChI=1S/C17H27N5OS/c23-16(21-10-9-13-5-1-2-6-14(13)11-21)12-24-17-18-19-20-22(17)15-7-3-4-8-15/h13-15H,1-12H2/t13-,14-/m0/s1. The zero-order valence-electron chi connectivity index (χ0n) is 14.3. The highest BCUT2D eigenvalue weighted by atomic mass is 32.2. The number of amides is 1. The summed E-state index contributed by atoms with van der Waals surface area (Å²) >= 11 is 1.51. The summed E-state index contributed by atoms with van der Waals surface area (Å²) in [6.07, 6.45) is 11.4. The fraction of sp³-hybridized carbons (Fsp3) is 0.882. The molecule has 2 saturated carbocycles. The minimum atomic E-state index is 0.255. The molecule has 6 nitrogen and oxygen atoms in total. The highest BCUT2D eigenvalue weighted by Gasteiger charge is 2.33. The summed E-state index contributed by atoms with van der Waals surface area (Å²) in [4.78, 5) is 14.7. The van der Waals surface area contributed by atoms with Crippen LogP contribution in [0.1, 0.15) is 63.8 Å². The van der Waals surface area contributed by atoms with E-state index in [1.165, 1.54) is 56.7 Å². The van der Waals surface area contributed by atoms with Gasteiger partial charge in [-0.3, -0.25) is 4.79 Å². The van der Waals surface area contributed by atoms with Crippen LogP contribution < -0.4 is 0 Å². The second-order valence-corrected chi connectivity index (χ2v) is 8.51. The van der Waals surface area contributed by atoms with Crippen LogP contribution in [0.25, 0.3) is 0 Å². The van der Waals surface area contributed by atoms with Crippen molar-refractivity contribution in [2.24, 2.45) is 11.8 Å². The molecular weight excluding hydrogens is 322 g/mol. The van der Waals surface area contributed by atoms with Gasteiger partial charge in [-0.25, -0.2) is 4.68 Å². The Bertz CT molecular complexity index is 571. The number of thioether (sulfide) groups is 1. The predicted octanol–water partition coefficient (Wildman–Crippen LogP) is 2.92. The maximum atomic E-state index is 12.6. The molecule has 0 unspecified atom stereocenters. The Morgan fingerprint density at radius 1 is 1.04 bits per heavy atom. The van der Waals surface area contributed by atoms with Crippen molar-refractivity contribution >= 4 is 17.7 Å². The summed E-state index contributed by atoms with van der Waals surface area (Å²) in [6.45, 7) is 1.91. The number of likely N-dealkylation sites (tertiary alicyclic amines) is 1. The first-order valence-electron chi connectivity index (χ1n) is 9.49. The smallest absolute Gasteiger partial charge is 0.233 e. The van der Waals surface area contributed by atoms with Gasteiger partial charge >= 0.3 is 0 Å². The molecule has 132 valence electrons. The van der Waals surface area contributed by atoms with E-state index < -0.39 is 0 Å². The van der Waals surface area contributed by atoms with Crippen molar-refractivity contribution in [1.29, 1.82) is 0 Å². The van der Waals surface area contributed by atoms with Crippen LogP contribution >= 0.6 is 11.8 Å². The highest BCUT2D eigenvalue weighted by molar-refractivity contribution is 7.99. The summed E-state index contributed by atoms with van der Waals surface area (Å²) in [5.74, 6) is 2.32. The van der Waals surface area contributed by atoms with E-state index in [1.807, 2.05) is 4.68 Å². The number of hydrogen-bond donors (Lipinski definition) is 0. The number of nitrogens with zero attached hydrogens (tertiary/aromatic N) is 5. The number of tetrazole rings is 1. The Balaban J connectivity index is 1.31. The molecule has 1 amide bonds. The zero-order valence-corrected chi connectivity index (χ0v) is 15.1. The number of rotatable bonds is 4. The van der Waals surface area contributed by atoms with E-state index >= 15 is 0 Å². The van der Waals surface area contributed by atoms with Crippen LogP contribution in [0.2, 0.25) is 0 Å². The number of fused-ring (bicyclic) bond motifs is 1. The lowest BCUT2D eigenvalue weighted by Crippen LogP contribution is -2.45. The lowest BCUT2D eigenvalue weighted by atomic mass is 9.75. The van der Waals surface area contributed by atoms with Crippen molar-refractivity contribution in [3.8, 4) is 0 Å². The molecule has 2 atom stereocenters. The normalized spacial score (nSPS) is 28.1. The topological polar surface area (TPSA) is 63.9 Å². The van der Waals surface area contributed by atoms with Gasteiger partial charge in [0.15, 0.2) is 0 Å². The van der Waals surface area contributed by atoms with E-state index in [1.54, 1.807) is 0 Å². The van der Waals surface area contributed by atoms with E-state index in [4.69, 9.17) is 0 Å². The molecule has 2 aliphatic carbocycles. The van der Waals surface area contributed by atoms with E-state index in [-0.39, 0.29) is 5.91 Å². The van der Waals surface area contributed by atoms with Gasteiger partial charge in [0, 0.05) is 13.1 Å². The second kappa shape index (κ2) is 7.42. The van der Waals surface area contributed by atoms with Crippen LogP contribution in [0, 0.1) is 11.8 Å². The number of aromatic nitrogens is 4. The molecule has 0 spiro atoms. The summed E-state index contributed by atoms with van der Waals surface area (Å²) in [5.41, 5.74) is 0. The quantitative estimate of drug-likeness (QED) is 0.782. The SMILES string of the molecule is O=C(CSc1nnnn1C1CCCC1)N1CC[C@@H]2CCCC[C@H]2C1. The molecule has 7 heteroatoms. The maximum Gasteiger partial charge on any atom is 0.233 e. The molecule has 3 aliphatic rings. The Hall–Kier alpha value is -1.11. The molecule has 4 rings (SSSR count). The van der Waals surface area contributed by atoms with Crippen LogP contribution in [0.15, 0.2) is 5.16 Å². The third-order valence-electron chi connectivity index (χ3n) is 6.10. The lowest BCUT2D eigenvalue weighted by molar-refractivity contribution is -0.131. The molecule has 0 bridgehead atoms. The Morgan fingerprint density at radius 3 is 2.62 bits per heavy atom. The average Bonchev–Trinajstić information content (AvgIpc) is 3.30. The lowest BCUT2D eigenvalue weighted by Gasteiger charge is -2.41. The van der Waals surface area contributed by atoms with Gasteiger partial charge in [-0.2, -0.15) is 0 Å². The molecule has 3 fully saturated rings. The van der Waals surface area contributed by atoms with Crippen LogP contribution in [0.3, 0.4) is 0 Å². The molecule has 0 radical (unpaired) electrons. The van der Waals surface area contributed by atoms with E-state index in [9.17, 15) is 4.79 Å². The monoisotopic (exact) mass is 349 g/mol. The second-order valence-electron chi connectivity index (χ2n) is 7.57. The molecule has 1 aromatic rings. The first kappa shape index (κ1) is 16.4. The first-order chi connectivity index (χ1) is 11.8. The minimum Gasteiger partial charge on any atom is -0.342 e. The molecule has 1 saturated heterocycles. The van der Waals surface area contributed by atoms with Gasteiger partial charge < -0.3 is 4.90 Å². The van der Waals surface area contributed by atoms with Gasteiger partial charge in [0.1, 0.15) is 0 Å². The minimum absolute atomic E-state index is 0.255. The fourth-order valence-electron chi connectivity index (χ4n) is 4.70. The van der Waals surface area contributed by atoms with E-state index in [2.05, 4.69) is 20.4 Å². The Morgan fingerprint density at radius 2 is 1.79 bits per heavy atom. The average molecular weight is 350 g/mol. The summed E-state index contributed by atoms with van der Waals surface area (Å²) in [5, 5.41) is 12.9. The van der Waals surface area contributed by atoms with Gasteiger partial charge in [0.25, 0.3) is 0 Å². The molecule has 24 heavy (non-hydrogen) atoms. The zero-order chi connectivity index (χ0) is 16.4. The number of hydrogen-bond acceptors (Lipinski definition) is 5. The van der Waals surface area contributed by atoms with Crippen molar-refractivity contribution in [2.75, 3.05) is 18.8 Å². The van der Waals surface area contributed by atoms with Crippen molar-refractivity contribution < 1.29 is 4.79 Å². The molecule has 0 N–H and O–H groups in total. The van der Waals surface area contributed by atoms with E-state index in [0.29, 0.717) is 11.8 Å². The summed E-state index contributed by atoms with van der Waals surface area (Å²) in [6, 6.07) is 0.426. The molecule has 0 aromatic carbocycles. The first-order valence-corrected chi connectivity index (χ1v) is 10.5. The third kappa shape index (κ3) is 3.46. The largest absolute Gasteiger partial charge is 0.342 e. The fourth-order valence-corrected chi connectivity index (χ4v) is 5.55. The number of piperidine rings is 1. The van der Waals surface area contributed by atoms with Gasteiger partial charge in [-0.1, -0.05) is 43.9 Å². The summed E-state index contributed by atoms with van der Waals surface area (Å²) < 4.78 is 1.94. The van der Waals surface area contributed by atoms with E-state index in [0.717, 1.165) is 42.9 Å². The Kier molecular flexibility index (Phi) is 5.06. The van der Waals surface area contributed by atoms with Crippen molar-refractivity contribution in [2.45, 2.75) is 69.0 Å². The van der Waals surface area contributed by atoms with Crippen molar-refractivity contribution in [3.63, 3.8) is 0 Å². The molecule has 1 aliphatic heterocycles. The summed E-state index contributed by atoms with van der Waals surface area (Å²) in [7, 11) is 0. The van der Waals surface area contributed by atoms with Gasteiger partial charge in [-0.05, 0) is 47.9 Å². The van der Waals surface area contributed by atoms with Gasteiger partial charge in [-0.15, -0.1) is 5.10 Å². The van der Waals surface area contributed by atoms with Crippen molar-refractivity contribution in [1.82, 2.24) is 25.1 Å². The molecule has 2 heterocycles. The van der Waals surface area contributed by atoms with Crippen LogP contribution in [0.5, 0.6) is 0 Å². The van der Waals surface area contributed by atoms with Gasteiger partial charge in [0.05, 0.1) is 11.8 Å². The predicted molar refractivity (Wildman–Crippen MR) is 92.7 cm³/mol. The Labute approximate surface area is 147 Å². The number of carbonyl (C=O) groups is 1. The number of carbonyl (C=O) groups excluding carboxylic acids is 1. The van der Waals surface area contributed by atoms with Crippen LogP contribution in [-0.4, -0.2) is 49.9 Å². The molecule has 1 aromatic heterocycles. The third-order valence-corrected chi connectivity index (χ3v) is 7.02. The molecular formula is C17H27N5OS. The van der Waals surface area contributed by atoms with Crippen LogP contribution in [0.4, 0.5) is 0 Å². The maximum absolute atomic E-state index is 12.6. The van der Waals surface area contributed by atoms with Gasteiger partial charge in [0.2, 0.25) is 11.1 Å².